The van der Waals surface area contributed by atoms with Gasteiger partial charge in [0.2, 0.25) is 0 Å². The van der Waals surface area contributed by atoms with E-state index in [1.54, 1.807) is 24.2 Å². The molecule has 140 valence electrons. The zero-order valence-corrected chi connectivity index (χ0v) is 15.7. The number of hydrogen-bond donors (Lipinski definition) is 1. The van der Waals surface area contributed by atoms with Crippen LogP contribution in [0.1, 0.15) is 47.4 Å². The maximum atomic E-state index is 12.6. The van der Waals surface area contributed by atoms with Crippen LogP contribution in [0.4, 0.5) is 0 Å². The van der Waals surface area contributed by atoms with E-state index in [0.29, 0.717) is 17.3 Å². The third-order valence-corrected chi connectivity index (χ3v) is 4.85. The number of rotatable bonds is 5. The molecule has 1 N–H and O–H groups in total. The van der Waals surface area contributed by atoms with E-state index in [1.165, 1.54) is 0 Å². The highest BCUT2D eigenvalue weighted by atomic mass is 16.5. The molecule has 1 aliphatic rings. The van der Waals surface area contributed by atoms with Crippen LogP contribution < -0.4 is 14.8 Å². The number of aromatic nitrogens is 4. The lowest BCUT2D eigenvalue weighted by Gasteiger charge is -2.29. The van der Waals surface area contributed by atoms with Crippen molar-refractivity contribution < 1.29 is 14.3 Å². The second-order valence-corrected chi connectivity index (χ2v) is 6.61. The van der Waals surface area contributed by atoms with E-state index in [0.717, 1.165) is 37.1 Å². The van der Waals surface area contributed by atoms with Gasteiger partial charge in [0.1, 0.15) is 6.10 Å². The Balaban J connectivity index is 1.54. The molecule has 0 radical (unpaired) electrons. The molecule has 0 atom stereocenters. The highest BCUT2D eigenvalue weighted by Gasteiger charge is 2.27. The first kappa shape index (κ1) is 18.2. The van der Waals surface area contributed by atoms with Crippen molar-refractivity contribution in [3.05, 3.63) is 29.3 Å². The molecule has 1 aliphatic carbocycles. The van der Waals surface area contributed by atoms with Gasteiger partial charge >= 0.3 is 0 Å². The smallest absolute Gasteiger partial charge is 0.278 e. The normalized spacial score (nSPS) is 19.8. The molecule has 8 nitrogen and oxygen atoms in total. The van der Waals surface area contributed by atoms with Gasteiger partial charge < -0.3 is 14.8 Å². The van der Waals surface area contributed by atoms with Gasteiger partial charge in [-0.1, -0.05) is 0 Å². The Hall–Kier alpha value is -2.64. The number of nitrogens with one attached hydrogen (secondary N) is 1. The molecular formula is C18H25N5O3. The van der Waals surface area contributed by atoms with Crippen LogP contribution >= 0.6 is 0 Å². The summed E-state index contributed by atoms with van der Waals surface area (Å²) in [5, 5.41) is 7.45. The average Bonchev–Trinajstić information content (AvgIpc) is 2.89. The largest absolute Gasteiger partial charge is 0.477 e. The summed E-state index contributed by atoms with van der Waals surface area (Å²) in [6, 6.07) is 0.144. The minimum Gasteiger partial charge on any atom is -0.477 e. The van der Waals surface area contributed by atoms with E-state index in [2.05, 4.69) is 20.4 Å². The zero-order chi connectivity index (χ0) is 18.7. The summed E-state index contributed by atoms with van der Waals surface area (Å²) >= 11 is 0. The van der Waals surface area contributed by atoms with Gasteiger partial charge in [-0.15, -0.1) is 0 Å². The molecule has 2 aromatic heterocycles. The molecule has 3 rings (SSSR count). The van der Waals surface area contributed by atoms with Crippen molar-refractivity contribution in [1.29, 1.82) is 0 Å². The molecule has 0 aromatic carbocycles. The van der Waals surface area contributed by atoms with Crippen molar-refractivity contribution >= 4 is 5.91 Å². The van der Waals surface area contributed by atoms with Gasteiger partial charge in [0, 0.05) is 31.2 Å². The maximum Gasteiger partial charge on any atom is 0.278 e. The molecule has 0 saturated heterocycles. The number of carbonyl (C=O) groups excluding carboxylic acids is 1. The lowest BCUT2D eigenvalue weighted by Crippen LogP contribution is -2.40. The second-order valence-electron chi connectivity index (χ2n) is 6.61. The molecule has 8 heteroatoms. The summed E-state index contributed by atoms with van der Waals surface area (Å²) in [4.78, 5) is 20.9. The highest BCUT2D eigenvalue weighted by molar-refractivity contribution is 5.96. The summed E-state index contributed by atoms with van der Waals surface area (Å²) < 4.78 is 12.8. The summed E-state index contributed by atoms with van der Waals surface area (Å²) in [6.45, 7) is 3.77. The van der Waals surface area contributed by atoms with Crippen LogP contribution in [0, 0.1) is 13.8 Å². The number of nitrogens with zero attached hydrogens (tertiary/aromatic N) is 4. The fourth-order valence-corrected chi connectivity index (χ4v) is 3.38. The molecule has 2 heterocycles. The Morgan fingerprint density at radius 3 is 2.38 bits per heavy atom. The monoisotopic (exact) mass is 359 g/mol. The molecule has 1 amide bonds. The highest BCUT2D eigenvalue weighted by Crippen LogP contribution is 2.27. The number of amides is 1. The van der Waals surface area contributed by atoms with E-state index in [1.807, 2.05) is 20.9 Å². The van der Waals surface area contributed by atoms with Crippen molar-refractivity contribution in [2.24, 2.45) is 7.05 Å². The second kappa shape index (κ2) is 7.72. The van der Waals surface area contributed by atoms with Gasteiger partial charge in [-0.25, -0.2) is 9.97 Å². The lowest BCUT2D eigenvalue weighted by atomic mass is 9.92. The van der Waals surface area contributed by atoms with Crippen LogP contribution in [0.2, 0.25) is 0 Å². The van der Waals surface area contributed by atoms with Crippen molar-refractivity contribution in [2.75, 3.05) is 7.11 Å². The minimum atomic E-state index is -0.0481. The standard InChI is InChI=1S/C18H25N5O3/c1-11-15(12(2)23(3)22-11)16(24)21-13-5-7-14(8-6-13)26-18-17(25-4)19-9-10-20-18/h9-10,13-14H,5-8H2,1-4H3,(H,21,24). The summed E-state index contributed by atoms with van der Waals surface area (Å²) in [7, 11) is 3.40. The van der Waals surface area contributed by atoms with Gasteiger partial charge in [0.15, 0.2) is 0 Å². The fourth-order valence-electron chi connectivity index (χ4n) is 3.38. The zero-order valence-electron chi connectivity index (χ0n) is 15.7. The van der Waals surface area contributed by atoms with Crippen molar-refractivity contribution in [3.63, 3.8) is 0 Å². The van der Waals surface area contributed by atoms with Gasteiger partial charge in [0.25, 0.3) is 17.7 Å². The van der Waals surface area contributed by atoms with E-state index in [9.17, 15) is 4.79 Å². The lowest BCUT2D eigenvalue weighted by molar-refractivity contribution is 0.0885. The minimum absolute atomic E-state index is 0.0481. The van der Waals surface area contributed by atoms with E-state index < -0.39 is 0 Å². The van der Waals surface area contributed by atoms with E-state index in [-0.39, 0.29) is 18.1 Å². The Labute approximate surface area is 152 Å². The van der Waals surface area contributed by atoms with Gasteiger partial charge in [-0.3, -0.25) is 9.48 Å². The Morgan fingerprint density at radius 2 is 1.81 bits per heavy atom. The van der Waals surface area contributed by atoms with Crippen LogP contribution in [0.3, 0.4) is 0 Å². The van der Waals surface area contributed by atoms with E-state index in [4.69, 9.17) is 9.47 Å². The predicted octanol–water partition coefficient (Wildman–Crippen LogP) is 1.96. The maximum absolute atomic E-state index is 12.6. The Kier molecular flexibility index (Phi) is 5.39. The number of aryl methyl sites for hydroxylation is 2. The van der Waals surface area contributed by atoms with Crippen LogP contribution in [0.25, 0.3) is 0 Å². The third-order valence-electron chi connectivity index (χ3n) is 4.85. The first-order chi connectivity index (χ1) is 12.5. The van der Waals surface area contributed by atoms with E-state index >= 15 is 0 Å². The predicted molar refractivity (Wildman–Crippen MR) is 95.4 cm³/mol. The fraction of sp³-hybridized carbons (Fsp3) is 0.556. The number of carbonyl (C=O) groups is 1. The molecule has 0 aliphatic heterocycles. The first-order valence-corrected chi connectivity index (χ1v) is 8.82. The molecule has 0 spiro atoms. The number of ether oxygens (including phenoxy) is 2. The Bertz CT molecular complexity index is 781. The summed E-state index contributed by atoms with van der Waals surface area (Å²) in [5.74, 6) is 0.766. The van der Waals surface area contributed by atoms with Crippen molar-refractivity contribution in [3.8, 4) is 11.8 Å². The van der Waals surface area contributed by atoms with Gasteiger partial charge in [-0.05, 0) is 39.5 Å². The quantitative estimate of drug-likeness (QED) is 0.877. The molecule has 1 fully saturated rings. The molecule has 0 unspecified atom stereocenters. The number of methoxy groups -OCH3 is 1. The average molecular weight is 359 g/mol. The Morgan fingerprint density at radius 1 is 1.15 bits per heavy atom. The van der Waals surface area contributed by atoms with Crippen LogP contribution in [0.5, 0.6) is 11.8 Å². The van der Waals surface area contributed by atoms with Gasteiger partial charge in [-0.2, -0.15) is 5.10 Å². The molecule has 1 saturated carbocycles. The van der Waals surface area contributed by atoms with Crippen LogP contribution in [-0.2, 0) is 7.05 Å². The molecular weight excluding hydrogens is 334 g/mol. The summed E-state index contributed by atoms with van der Waals surface area (Å²) in [5.41, 5.74) is 2.32. The third kappa shape index (κ3) is 3.79. The number of hydrogen-bond acceptors (Lipinski definition) is 6. The summed E-state index contributed by atoms with van der Waals surface area (Å²) in [6.07, 6.45) is 6.61. The van der Waals surface area contributed by atoms with Crippen molar-refractivity contribution in [2.45, 2.75) is 51.7 Å². The van der Waals surface area contributed by atoms with Crippen molar-refractivity contribution in [1.82, 2.24) is 25.1 Å². The van der Waals surface area contributed by atoms with Crippen LogP contribution in [0.15, 0.2) is 12.4 Å². The molecule has 2 aromatic rings. The van der Waals surface area contributed by atoms with Gasteiger partial charge in [0.05, 0.1) is 18.4 Å². The topological polar surface area (TPSA) is 91.2 Å². The van der Waals surface area contributed by atoms with Crippen LogP contribution in [-0.4, -0.2) is 44.9 Å². The molecule has 26 heavy (non-hydrogen) atoms. The SMILES string of the molecule is COc1nccnc1OC1CCC(NC(=O)c2c(C)nn(C)c2C)CC1. The first-order valence-electron chi connectivity index (χ1n) is 8.82. The molecule has 0 bridgehead atoms.